The van der Waals surface area contributed by atoms with Gasteiger partial charge in [-0.2, -0.15) is 8.42 Å². The molecule has 0 aliphatic heterocycles. The van der Waals surface area contributed by atoms with Crippen molar-refractivity contribution < 1.29 is 27.2 Å². The normalized spacial score (nSPS) is 10.6. The van der Waals surface area contributed by atoms with Crippen molar-refractivity contribution in [3.63, 3.8) is 0 Å². The molecule has 0 amide bonds. The van der Waals surface area contributed by atoms with Crippen LogP contribution in [0.15, 0.2) is 29.2 Å². The molecule has 1 N–H and O–H groups in total. The van der Waals surface area contributed by atoms with Crippen molar-refractivity contribution in [2.24, 2.45) is 0 Å². The minimum atomic E-state index is -4.25. The first-order chi connectivity index (χ1) is 9.93. The van der Waals surface area contributed by atoms with E-state index in [1.807, 2.05) is 0 Å². The molecule has 0 heterocycles. The van der Waals surface area contributed by atoms with Crippen molar-refractivity contribution in [2.75, 3.05) is 6.61 Å². The summed E-state index contributed by atoms with van der Waals surface area (Å²) in [4.78, 5) is 11.1. The van der Waals surface area contributed by atoms with Gasteiger partial charge in [-0.25, -0.2) is 4.79 Å². The molecule has 1 aromatic carbocycles. The van der Waals surface area contributed by atoms with Crippen LogP contribution < -0.4 is 4.74 Å². The van der Waals surface area contributed by atoms with Crippen LogP contribution in [0, 0.1) is 0 Å². The molecule has 22 heavy (non-hydrogen) atoms. The van der Waals surface area contributed by atoms with Crippen molar-refractivity contribution in [3.8, 4) is 5.75 Å². The van der Waals surface area contributed by atoms with Gasteiger partial charge in [-0.3, -0.25) is 4.55 Å². The van der Waals surface area contributed by atoms with Gasteiger partial charge in [0.1, 0.15) is 5.75 Å². The van der Waals surface area contributed by atoms with Crippen LogP contribution in [0.1, 0.15) is 39.0 Å². The quantitative estimate of drug-likeness (QED) is 0.257. The molecule has 1 aromatic rings. The van der Waals surface area contributed by atoms with E-state index in [-0.39, 0.29) is 40.2 Å². The summed E-state index contributed by atoms with van der Waals surface area (Å²) in [5.41, 5.74) is 0. The van der Waals surface area contributed by atoms with E-state index in [1.165, 1.54) is 18.6 Å². The first-order valence-corrected chi connectivity index (χ1v) is 8.29. The molecule has 0 unspecified atom stereocenters. The fourth-order valence-electron chi connectivity index (χ4n) is 1.67. The van der Waals surface area contributed by atoms with E-state index in [0.717, 1.165) is 37.8 Å². The van der Waals surface area contributed by atoms with Gasteiger partial charge < -0.3 is 9.47 Å². The fraction of sp³-hybridized carbons (Fsp3) is 0.500. The number of rotatable bonds is 8. The first kappa shape index (κ1) is 21.4. The molecule has 0 saturated heterocycles. The van der Waals surface area contributed by atoms with Crippen molar-refractivity contribution in [1.29, 1.82) is 0 Å². The minimum absolute atomic E-state index is 0. The molecular formula is C14H21NaO6S. The van der Waals surface area contributed by atoms with Crippen molar-refractivity contribution in [1.82, 2.24) is 0 Å². The fourth-order valence-corrected chi connectivity index (χ4v) is 2.15. The van der Waals surface area contributed by atoms with E-state index < -0.39 is 16.3 Å². The predicted octanol–water partition coefficient (Wildman–Crippen LogP) is 2.77. The summed E-state index contributed by atoms with van der Waals surface area (Å²) in [6.45, 7) is 2.42. The molecule has 0 fully saturated rings. The Hall–Kier alpha value is -0.600. The molecule has 0 bridgehead atoms. The Morgan fingerprint density at radius 2 is 1.68 bits per heavy atom. The van der Waals surface area contributed by atoms with Crippen LogP contribution in [-0.4, -0.2) is 55.3 Å². The third-order valence-corrected chi connectivity index (χ3v) is 3.66. The molecule has 0 aliphatic rings. The molecule has 6 nitrogen and oxygen atoms in total. The van der Waals surface area contributed by atoms with E-state index in [0.29, 0.717) is 6.61 Å². The zero-order valence-corrected chi connectivity index (χ0v) is 12.8. The van der Waals surface area contributed by atoms with E-state index in [1.54, 1.807) is 0 Å². The Morgan fingerprint density at radius 1 is 1.09 bits per heavy atom. The number of carbonyl (C=O) groups is 1. The monoisotopic (exact) mass is 340 g/mol. The molecule has 0 spiro atoms. The van der Waals surface area contributed by atoms with Crippen LogP contribution in [0.4, 0.5) is 4.79 Å². The number of hydrogen-bond donors (Lipinski definition) is 1. The van der Waals surface area contributed by atoms with Crippen LogP contribution in [0.25, 0.3) is 0 Å². The van der Waals surface area contributed by atoms with Gasteiger partial charge in [0.15, 0.2) is 0 Å². The van der Waals surface area contributed by atoms with Crippen LogP contribution in [-0.2, 0) is 14.9 Å². The van der Waals surface area contributed by atoms with E-state index in [4.69, 9.17) is 14.0 Å². The maximum absolute atomic E-state index is 11.4. The summed E-state index contributed by atoms with van der Waals surface area (Å²) in [6, 6.07) is 4.82. The van der Waals surface area contributed by atoms with Crippen LogP contribution in [0.2, 0.25) is 0 Å². The van der Waals surface area contributed by atoms with Gasteiger partial charge in [0.25, 0.3) is 10.1 Å². The predicted molar refractivity (Wildman–Crippen MR) is 84.1 cm³/mol. The summed E-state index contributed by atoms with van der Waals surface area (Å²) in [5, 5.41) is 0. The topological polar surface area (TPSA) is 89.9 Å². The molecule has 0 aromatic heterocycles. The van der Waals surface area contributed by atoms with Crippen LogP contribution in [0.3, 0.4) is 0 Å². The number of ether oxygens (including phenoxy) is 2. The summed E-state index contributed by atoms with van der Waals surface area (Å²) in [5.74, 6) is 0.151. The summed E-state index contributed by atoms with van der Waals surface area (Å²) >= 11 is 0. The molecule has 0 saturated carbocycles. The maximum atomic E-state index is 11.4. The number of unbranched alkanes of at least 4 members (excludes halogenated alkanes) is 4. The molecule has 8 heteroatoms. The van der Waals surface area contributed by atoms with Crippen molar-refractivity contribution in [2.45, 2.75) is 43.9 Å². The molecule has 1 rings (SSSR count). The SMILES string of the molecule is CCCCCCCOC(=O)Oc1ccc(S(=O)(=O)O)cc1.[NaH]. The van der Waals surface area contributed by atoms with Crippen molar-refractivity contribution >= 4 is 45.8 Å². The zero-order chi connectivity index (χ0) is 15.7. The van der Waals surface area contributed by atoms with E-state index in [9.17, 15) is 13.2 Å². The van der Waals surface area contributed by atoms with Gasteiger partial charge in [-0.15, -0.1) is 0 Å². The number of carbonyl (C=O) groups excluding carboxylic acids is 1. The van der Waals surface area contributed by atoms with Crippen molar-refractivity contribution in [3.05, 3.63) is 24.3 Å². The Kier molecular flexibility index (Phi) is 10.7. The second-order valence-corrected chi connectivity index (χ2v) is 5.98. The van der Waals surface area contributed by atoms with E-state index >= 15 is 0 Å². The Labute approximate surface area is 153 Å². The summed E-state index contributed by atoms with van der Waals surface area (Å²) in [7, 11) is -4.25. The zero-order valence-electron chi connectivity index (χ0n) is 11.9. The van der Waals surface area contributed by atoms with Crippen LogP contribution in [0.5, 0.6) is 5.75 Å². The van der Waals surface area contributed by atoms with Gasteiger partial charge >= 0.3 is 35.7 Å². The van der Waals surface area contributed by atoms with Gasteiger partial charge in [-0.05, 0) is 30.7 Å². The average Bonchev–Trinajstić information content (AvgIpc) is 2.42. The molecule has 0 aliphatic carbocycles. The summed E-state index contributed by atoms with van der Waals surface area (Å²) < 4.78 is 40.3. The average molecular weight is 340 g/mol. The Bertz CT molecular complexity index is 541. The Morgan fingerprint density at radius 3 is 2.23 bits per heavy atom. The molecule has 0 atom stereocenters. The third kappa shape index (κ3) is 8.75. The standard InChI is InChI=1S/C14H20O6S.Na.H/c1-2-3-4-5-6-11-19-14(15)20-12-7-9-13(10-8-12)21(16,17)18;;/h7-10H,2-6,11H2,1H3,(H,16,17,18);;. The molecular weight excluding hydrogens is 319 g/mol. The second-order valence-electron chi connectivity index (χ2n) is 4.56. The molecule has 120 valence electrons. The van der Waals surface area contributed by atoms with Gasteiger partial charge in [0.05, 0.1) is 11.5 Å². The Balaban J connectivity index is 0.00000441. The molecule has 0 radical (unpaired) electrons. The van der Waals surface area contributed by atoms with Crippen LogP contribution >= 0.6 is 0 Å². The van der Waals surface area contributed by atoms with Gasteiger partial charge in [-0.1, -0.05) is 32.6 Å². The first-order valence-electron chi connectivity index (χ1n) is 6.85. The summed E-state index contributed by atoms with van der Waals surface area (Å²) in [6.07, 6.45) is 4.41. The van der Waals surface area contributed by atoms with Gasteiger partial charge in [0.2, 0.25) is 0 Å². The second kappa shape index (κ2) is 11.0. The third-order valence-electron chi connectivity index (χ3n) is 2.79. The van der Waals surface area contributed by atoms with E-state index in [2.05, 4.69) is 6.92 Å². The number of benzene rings is 1. The van der Waals surface area contributed by atoms with Gasteiger partial charge in [0, 0.05) is 0 Å². The number of hydrogen-bond acceptors (Lipinski definition) is 5.